The smallest absolute Gasteiger partial charge is 0.268 e. The molecule has 0 bridgehead atoms. The van der Waals surface area contributed by atoms with E-state index >= 15 is 0 Å². The van der Waals surface area contributed by atoms with E-state index in [1.165, 1.54) is 16.7 Å². The van der Waals surface area contributed by atoms with E-state index in [0.29, 0.717) is 32.6 Å². The Morgan fingerprint density at radius 3 is 1.96 bits per heavy atom. The molecule has 1 aliphatic rings. The molecule has 0 unspecified atom stereocenters. The fourth-order valence-electron chi connectivity index (χ4n) is 2.67. The number of hydrogen-bond donors (Lipinski definition) is 0. The summed E-state index contributed by atoms with van der Waals surface area (Å²) in [6.45, 7) is 4.35. The molecule has 0 radical (unpaired) electrons. The SMILES string of the molecule is CC(C)CN1C(=O)C(Sc2ccc(Cl)cc2)=C(c2ccc(Cl)cc2)C1=O. The molecule has 0 fully saturated rings. The minimum absolute atomic E-state index is 0.189. The molecule has 26 heavy (non-hydrogen) atoms. The summed E-state index contributed by atoms with van der Waals surface area (Å²) in [4.78, 5) is 28.5. The van der Waals surface area contributed by atoms with Crippen LogP contribution in [0, 0.1) is 5.92 Å². The standard InChI is InChI=1S/C20H17Cl2NO2S/c1-12(2)11-23-19(24)17(13-3-5-14(21)6-4-13)18(20(23)25)26-16-9-7-15(22)8-10-16/h3-10,12H,11H2,1-2H3. The quantitative estimate of drug-likeness (QED) is 0.614. The lowest BCUT2D eigenvalue weighted by Crippen LogP contribution is -2.34. The van der Waals surface area contributed by atoms with Crippen LogP contribution in [0.1, 0.15) is 19.4 Å². The zero-order valence-corrected chi connectivity index (χ0v) is 16.7. The Morgan fingerprint density at radius 2 is 1.42 bits per heavy atom. The van der Waals surface area contributed by atoms with Gasteiger partial charge in [0, 0.05) is 21.5 Å². The minimum Gasteiger partial charge on any atom is -0.274 e. The second-order valence-corrected chi connectivity index (χ2v) is 8.34. The minimum atomic E-state index is -0.262. The summed E-state index contributed by atoms with van der Waals surface area (Å²) in [5.41, 5.74) is 1.11. The first-order valence-electron chi connectivity index (χ1n) is 8.16. The van der Waals surface area contributed by atoms with Crippen LogP contribution < -0.4 is 0 Å². The van der Waals surface area contributed by atoms with E-state index in [9.17, 15) is 9.59 Å². The molecule has 134 valence electrons. The molecule has 3 nitrogen and oxygen atoms in total. The first-order valence-corrected chi connectivity index (χ1v) is 9.74. The maximum Gasteiger partial charge on any atom is 0.268 e. The number of thioether (sulfide) groups is 1. The summed E-state index contributed by atoms with van der Waals surface area (Å²) in [6.07, 6.45) is 0. The van der Waals surface area contributed by atoms with Crippen LogP contribution in [0.4, 0.5) is 0 Å². The van der Waals surface area contributed by atoms with Crippen LogP contribution in [0.15, 0.2) is 58.3 Å². The Hall–Kier alpha value is -1.75. The molecule has 2 amide bonds. The van der Waals surface area contributed by atoms with E-state index in [1.54, 1.807) is 36.4 Å². The summed E-state index contributed by atoms with van der Waals surface area (Å²) in [5.74, 6) is -0.328. The molecule has 1 aliphatic heterocycles. The number of rotatable bonds is 5. The molecule has 2 aromatic rings. The van der Waals surface area contributed by atoms with Crippen LogP contribution in [0.25, 0.3) is 5.57 Å². The number of halogens is 2. The van der Waals surface area contributed by atoms with E-state index < -0.39 is 0 Å². The first-order chi connectivity index (χ1) is 12.4. The lowest BCUT2D eigenvalue weighted by molar-refractivity contribution is -0.137. The number of benzene rings is 2. The van der Waals surface area contributed by atoms with Gasteiger partial charge in [0.25, 0.3) is 11.8 Å². The van der Waals surface area contributed by atoms with Crippen molar-refractivity contribution in [3.8, 4) is 0 Å². The highest BCUT2D eigenvalue weighted by atomic mass is 35.5. The Balaban J connectivity index is 2.04. The van der Waals surface area contributed by atoms with Crippen LogP contribution in [0.3, 0.4) is 0 Å². The summed E-state index contributed by atoms with van der Waals surface area (Å²) in [7, 11) is 0. The van der Waals surface area contributed by atoms with Crippen molar-refractivity contribution >= 4 is 52.4 Å². The van der Waals surface area contributed by atoms with Crippen molar-refractivity contribution in [3.05, 3.63) is 69.0 Å². The molecular weight excluding hydrogens is 389 g/mol. The van der Waals surface area contributed by atoms with E-state index in [-0.39, 0.29) is 17.7 Å². The van der Waals surface area contributed by atoms with E-state index in [4.69, 9.17) is 23.2 Å². The van der Waals surface area contributed by atoms with Crippen LogP contribution in [-0.4, -0.2) is 23.3 Å². The van der Waals surface area contributed by atoms with Gasteiger partial charge in [0.05, 0.1) is 10.5 Å². The lowest BCUT2D eigenvalue weighted by Gasteiger charge is -2.17. The first kappa shape index (κ1) is 19.0. The molecule has 0 aliphatic carbocycles. The van der Waals surface area contributed by atoms with Crippen LogP contribution >= 0.6 is 35.0 Å². The van der Waals surface area contributed by atoms with Crippen LogP contribution in [-0.2, 0) is 9.59 Å². The van der Waals surface area contributed by atoms with Crippen molar-refractivity contribution < 1.29 is 9.59 Å². The summed E-state index contributed by atoms with van der Waals surface area (Å²) >= 11 is 13.2. The molecule has 3 rings (SSSR count). The number of imide groups is 1. The molecule has 0 saturated heterocycles. The number of carbonyl (C=O) groups excluding carboxylic acids is 2. The molecule has 0 spiro atoms. The monoisotopic (exact) mass is 405 g/mol. The van der Waals surface area contributed by atoms with Gasteiger partial charge in [-0.3, -0.25) is 14.5 Å². The van der Waals surface area contributed by atoms with Gasteiger partial charge in [-0.25, -0.2) is 0 Å². The maximum absolute atomic E-state index is 13.0. The van der Waals surface area contributed by atoms with Gasteiger partial charge in [-0.05, 0) is 47.9 Å². The average molecular weight is 406 g/mol. The third kappa shape index (κ3) is 3.98. The van der Waals surface area contributed by atoms with Crippen molar-refractivity contribution in [2.75, 3.05) is 6.54 Å². The molecule has 2 aromatic carbocycles. The Kier molecular flexibility index (Phi) is 5.76. The largest absolute Gasteiger partial charge is 0.274 e. The topological polar surface area (TPSA) is 37.4 Å². The number of carbonyl (C=O) groups is 2. The van der Waals surface area contributed by atoms with Crippen molar-refractivity contribution in [2.24, 2.45) is 5.92 Å². The van der Waals surface area contributed by atoms with Crippen molar-refractivity contribution in [1.82, 2.24) is 4.90 Å². The maximum atomic E-state index is 13.0. The third-order valence-electron chi connectivity index (χ3n) is 3.84. The van der Waals surface area contributed by atoms with Crippen LogP contribution in [0.5, 0.6) is 0 Å². The summed E-state index contributed by atoms with van der Waals surface area (Å²) in [5, 5.41) is 1.20. The van der Waals surface area contributed by atoms with E-state index in [0.717, 1.165) is 4.90 Å². The highest BCUT2D eigenvalue weighted by Crippen LogP contribution is 2.40. The predicted molar refractivity (Wildman–Crippen MR) is 107 cm³/mol. The zero-order chi connectivity index (χ0) is 18.8. The summed E-state index contributed by atoms with van der Waals surface area (Å²) < 4.78 is 0. The summed E-state index contributed by atoms with van der Waals surface area (Å²) in [6, 6.07) is 14.2. The molecule has 1 heterocycles. The molecule has 0 atom stereocenters. The predicted octanol–water partition coefficient (Wildman–Crippen LogP) is 5.52. The van der Waals surface area contributed by atoms with Crippen LogP contribution in [0.2, 0.25) is 10.0 Å². The van der Waals surface area contributed by atoms with Gasteiger partial charge in [0.1, 0.15) is 0 Å². The van der Waals surface area contributed by atoms with Gasteiger partial charge in [-0.2, -0.15) is 0 Å². The Labute approximate surface area is 167 Å². The molecule has 0 saturated carbocycles. The highest BCUT2D eigenvalue weighted by molar-refractivity contribution is 8.04. The fourth-order valence-corrected chi connectivity index (χ4v) is 3.94. The average Bonchev–Trinajstić information content (AvgIpc) is 2.82. The second-order valence-electron chi connectivity index (χ2n) is 6.38. The number of amides is 2. The number of hydrogen-bond acceptors (Lipinski definition) is 3. The fraction of sp³-hybridized carbons (Fsp3) is 0.200. The van der Waals surface area contributed by atoms with Crippen molar-refractivity contribution in [2.45, 2.75) is 18.7 Å². The highest BCUT2D eigenvalue weighted by Gasteiger charge is 2.39. The van der Waals surface area contributed by atoms with Gasteiger partial charge in [-0.15, -0.1) is 0 Å². The van der Waals surface area contributed by atoms with Gasteiger partial charge in [0.15, 0.2) is 0 Å². The second kappa shape index (κ2) is 7.87. The molecule has 6 heteroatoms. The van der Waals surface area contributed by atoms with Gasteiger partial charge in [-0.1, -0.05) is 60.9 Å². The molecule has 0 aromatic heterocycles. The Morgan fingerprint density at radius 1 is 0.885 bits per heavy atom. The van der Waals surface area contributed by atoms with Gasteiger partial charge >= 0.3 is 0 Å². The van der Waals surface area contributed by atoms with Crippen molar-refractivity contribution in [3.63, 3.8) is 0 Å². The molecule has 0 N–H and O–H groups in total. The lowest BCUT2D eigenvalue weighted by atomic mass is 10.1. The third-order valence-corrected chi connectivity index (χ3v) is 5.43. The zero-order valence-electron chi connectivity index (χ0n) is 14.3. The Bertz CT molecular complexity index is 874. The number of nitrogens with zero attached hydrogens (tertiary/aromatic N) is 1. The van der Waals surface area contributed by atoms with Gasteiger partial charge in [0.2, 0.25) is 0 Å². The van der Waals surface area contributed by atoms with E-state index in [2.05, 4.69) is 0 Å². The van der Waals surface area contributed by atoms with E-state index in [1.807, 2.05) is 26.0 Å². The molecular formula is C20H17Cl2NO2S. The van der Waals surface area contributed by atoms with Gasteiger partial charge < -0.3 is 0 Å². The van der Waals surface area contributed by atoms with Crippen molar-refractivity contribution in [1.29, 1.82) is 0 Å². The normalized spacial score (nSPS) is 14.7.